The molecule has 0 bridgehead atoms. The summed E-state index contributed by atoms with van der Waals surface area (Å²) >= 11 is 0. The van der Waals surface area contributed by atoms with Crippen LogP contribution in [-0.2, 0) is 34.0 Å². The highest BCUT2D eigenvalue weighted by Gasteiger charge is 2.42. The number of rotatable bonds is 10. The second-order valence-corrected chi connectivity index (χ2v) is 28.3. The highest BCUT2D eigenvalue weighted by atomic mass is 19.4. The van der Waals surface area contributed by atoms with Gasteiger partial charge in [0.05, 0.1) is 28.6 Å². The Kier molecular flexibility index (Phi) is 15.4. The number of halogens is 6. The first-order chi connectivity index (χ1) is 42.5. The van der Waals surface area contributed by atoms with Crippen molar-refractivity contribution in [2.24, 2.45) is 5.92 Å². The van der Waals surface area contributed by atoms with Crippen molar-refractivity contribution >= 4 is 22.7 Å². The van der Waals surface area contributed by atoms with Crippen molar-refractivity contribution in [2.75, 3.05) is 9.80 Å². The van der Waals surface area contributed by atoms with E-state index >= 15 is 0 Å². The molecule has 0 saturated carbocycles. The predicted octanol–water partition coefficient (Wildman–Crippen LogP) is 23.7. The van der Waals surface area contributed by atoms with E-state index in [-0.39, 0.29) is 27.6 Å². The molecule has 456 valence electrons. The zero-order valence-electron chi connectivity index (χ0n) is 53.3. The fourth-order valence-electron chi connectivity index (χ4n) is 13.8. The molecule has 2 unspecified atom stereocenters. The molecule has 0 aromatic heterocycles. The van der Waals surface area contributed by atoms with E-state index in [4.69, 9.17) is 0 Å². The Morgan fingerprint density at radius 2 is 0.789 bits per heavy atom. The van der Waals surface area contributed by atoms with Crippen LogP contribution in [0.25, 0.3) is 44.5 Å². The average molecular weight is 1200 g/mol. The lowest BCUT2D eigenvalue weighted by Crippen LogP contribution is -2.37. The van der Waals surface area contributed by atoms with Crippen LogP contribution in [-0.4, -0.2) is 6.04 Å². The van der Waals surface area contributed by atoms with Crippen LogP contribution in [0.4, 0.5) is 49.1 Å². The van der Waals surface area contributed by atoms with E-state index in [2.05, 4.69) is 269 Å². The van der Waals surface area contributed by atoms with Gasteiger partial charge in [-0.1, -0.05) is 235 Å². The first-order valence-electron chi connectivity index (χ1n) is 31.0. The number of allylic oxidation sites excluding steroid dienone is 10. The van der Waals surface area contributed by atoms with Gasteiger partial charge >= 0.3 is 12.4 Å². The maximum atomic E-state index is 14.6. The lowest BCUT2D eigenvalue weighted by Gasteiger charge is -2.44. The molecule has 2 nitrogen and oxygen atoms in total. The normalized spacial score (nSPS) is 16.7. The van der Waals surface area contributed by atoms with Crippen molar-refractivity contribution in [2.45, 2.75) is 123 Å². The molecule has 0 amide bonds. The molecule has 12 rings (SSSR count). The topological polar surface area (TPSA) is 6.48 Å². The summed E-state index contributed by atoms with van der Waals surface area (Å²) in [4.78, 5) is 4.33. The van der Waals surface area contributed by atoms with E-state index in [9.17, 15) is 26.3 Å². The minimum absolute atomic E-state index is 0.183. The fraction of sp³-hybridized carbons (Fsp3) is 0.244. The van der Waals surface area contributed by atoms with Crippen molar-refractivity contribution in [1.82, 2.24) is 0 Å². The maximum absolute atomic E-state index is 14.6. The molecule has 90 heavy (non-hydrogen) atoms. The van der Waals surface area contributed by atoms with Gasteiger partial charge in [0.15, 0.2) is 0 Å². The van der Waals surface area contributed by atoms with Gasteiger partial charge in [-0.25, -0.2) is 0 Å². The molecule has 0 heterocycles. The number of nitrogens with zero attached hydrogens (tertiary/aromatic N) is 2. The Morgan fingerprint density at radius 1 is 0.367 bits per heavy atom. The highest BCUT2D eigenvalue weighted by Crippen LogP contribution is 2.55. The van der Waals surface area contributed by atoms with E-state index in [1.165, 1.54) is 23.3 Å². The first kappa shape index (κ1) is 61.4. The van der Waals surface area contributed by atoms with Gasteiger partial charge in [-0.3, -0.25) is 0 Å². The van der Waals surface area contributed by atoms with Crippen molar-refractivity contribution in [1.29, 1.82) is 0 Å². The quantitative estimate of drug-likeness (QED) is 0.126. The van der Waals surface area contributed by atoms with E-state index in [1.54, 1.807) is 24.3 Å². The smallest absolute Gasteiger partial charge is 0.330 e. The van der Waals surface area contributed by atoms with Gasteiger partial charge in [0.2, 0.25) is 0 Å². The predicted molar refractivity (Wildman–Crippen MR) is 362 cm³/mol. The molecule has 0 aliphatic heterocycles. The van der Waals surface area contributed by atoms with Crippen LogP contribution >= 0.6 is 0 Å². The molecule has 0 saturated heterocycles. The number of alkyl halides is 6. The largest absolute Gasteiger partial charge is 0.416 e. The summed E-state index contributed by atoms with van der Waals surface area (Å²) in [6.07, 6.45) is 8.00. The van der Waals surface area contributed by atoms with Gasteiger partial charge < -0.3 is 9.80 Å². The lowest BCUT2D eigenvalue weighted by molar-refractivity contribution is -0.138. The van der Waals surface area contributed by atoms with Gasteiger partial charge in [0, 0.05) is 34.1 Å². The number of hydrogen-bond donors (Lipinski definition) is 0. The zero-order chi connectivity index (χ0) is 64.0. The summed E-state index contributed by atoms with van der Waals surface area (Å²) in [5, 5.41) is 0. The molecule has 4 aliphatic rings. The van der Waals surface area contributed by atoms with Crippen LogP contribution in [0.2, 0.25) is 0 Å². The SMILES string of the molecule is CC(C)(C)c1ccccc1-c1ccc(N(C2=C3C=CC4=C5C(=CC=C(C=C2)C35)C(N(c2ccc(C(F)(F)F)cc2)c2ccc(-c3ccccc3C(C)(C)C)cc2-c2ccccc2C(C)(C)C)C=C4)c2ccc(C(F)(F)F)cc2)c(-c2ccccc2C(C)(C)C)c1. The number of anilines is 4. The maximum Gasteiger partial charge on any atom is 0.416 e. The van der Waals surface area contributed by atoms with E-state index in [0.29, 0.717) is 11.4 Å². The van der Waals surface area contributed by atoms with Crippen LogP contribution in [0.5, 0.6) is 0 Å². The highest BCUT2D eigenvalue weighted by molar-refractivity contribution is 5.93. The van der Waals surface area contributed by atoms with Crippen LogP contribution in [0, 0.1) is 5.92 Å². The third-order valence-corrected chi connectivity index (χ3v) is 18.0. The van der Waals surface area contributed by atoms with Crippen molar-refractivity contribution in [3.8, 4) is 44.5 Å². The molecule has 2 atom stereocenters. The number of benzene rings is 8. The summed E-state index contributed by atoms with van der Waals surface area (Å²) < 4.78 is 87.6. The van der Waals surface area contributed by atoms with Gasteiger partial charge in [-0.05, 0) is 184 Å². The molecule has 0 radical (unpaired) electrons. The van der Waals surface area contributed by atoms with Crippen molar-refractivity contribution < 1.29 is 26.3 Å². The Balaban J connectivity index is 1.07. The molecule has 0 spiro atoms. The van der Waals surface area contributed by atoms with Crippen molar-refractivity contribution in [3.05, 3.63) is 298 Å². The minimum atomic E-state index is -4.57. The molecule has 8 aromatic carbocycles. The summed E-state index contributed by atoms with van der Waals surface area (Å²) in [6, 6.07) is 57.3. The summed E-state index contributed by atoms with van der Waals surface area (Å²) in [5.74, 6) is -0.343. The third-order valence-electron chi connectivity index (χ3n) is 18.0. The first-order valence-corrected chi connectivity index (χ1v) is 31.0. The van der Waals surface area contributed by atoms with Gasteiger partial charge in [0.1, 0.15) is 0 Å². The standard InChI is InChI=1S/C82H76F6N2/c1-77(2,3)67-25-17-13-21-59(67)53-33-47-73(65(49-53)61-23-15-19-27-69(61)79(7,8)9)89(57-39-35-55(36-40-57)81(83,84)85)71-45-31-51-30-44-64-72(46-32-52-29-43-63(71)75(51)76(52)64)90(58-41-37-56(38-42-58)82(86,87)88)74-48-34-54(60-22-14-18-26-68(60)78(4,5)6)50-66(74)62-24-16-20-28-70(62)80(10,11)12/h13-50,71,76H,1-12H3. The molecule has 0 N–H and O–H groups in total. The fourth-order valence-corrected chi connectivity index (χ4v) is 13.8. The number of hydrogen-bond acceptors (Lipinski definition) is 2. The molecule has 8 aromatic rings. The Labute approximate surface area is 527 Å². The van der Waals surface area contributed by atoms with E-state index < -0.39 is 29.5 Å². The Morgan fingerprint density at radius 3 is 1.26 bits per heavy atom. The second-order valence-electron chi connectivity index (χ2n) is 28.3. The molecule has 0 fully saturated rings. The van der Waals surface area contributed by atoms with Crippen LogP contribution in [0.1, 0.15) is 116 Å². The Bertz CT molecular complexity index is 4350. The minimum Gasteiger partial charge on any atom is -0.330 e. The molecular formula is C82H76F6N2. The molecular weight excluding hydrogens is 1130 g/mol. The zero-order valence-corrected chi connectivity index (χ0v) is 53.3. The Hall–Kier alpha value is -8.88. The van der Waals surface area contributed by atoms with Crippen LogP contribution < -0.4 is 9.80 Å². The van der Waals surface area contributed by atoms with Crippen LogP contribution in [0.3, 0.4) is 0 Å². The van der Waals surface area contributed by atoms with Crippen LogP contribution in [0.15, 0.2) is 264 Å². The van der Waals surface area contributed by atoms with Gasteiger partial charge in [-0.15, -0.1) is 0 Å². The van der Waals surface area contributed by atoms with Gasteiger partial charge in [0.25, 0.3) is 0 Å². The average Bonchev–Trinajstić information content (AvgIpc) is 0.952. The summed E-state index contributed by atoms with van der Waals surface area (Å²) in [7, 11) is 0. The monoisotopic (exact) mass is 1200 g/mol. The van der Waals surface area contributed by atoms with Gasteiger partial charge in [-0.2, -0.15) is 26.3 Å². The third kappa shape index (κ3) is 11.5. The summed E-state index contributed by atoms with van der Waals surface area (Å²) in [6.45, 7) is 26.5. The second kappa shape index (κ2) is 22.6. The van der Waals surface area contributed by atoms with E-state index in [0.717, 1.165) is 113 Å². The molecule has 8 heteroatoms. The van der Waals surface area contributed by atoms with E-state index in [1.807, 2.05) is 6.07 Å². The molecule has 4 aliphatic carbocycles. The summed E-state index contributed by atoms with van der Waals surface area (Å²) in [5.41, 5.74) is 18.7. The van der Waals surface area contributed by atoms with Crippen molar-refractivity contribution in [3.63, 3.8) is 0 Å². The lowest BCUT2D eigenvalue weighted by atomic mass is 9.67.